The van der Waals surface area contributed by atoms with E-state index in [4.69, 9.17) is 4.74 Å². The van der Waals surface area contributed by atoms with Crippen molar-refractivity contribution in [1.82, 2.24) is 15.0 Å². The van der Waals surface area contributed by atoms with Gasteiger partial charge in [-0.3, -0.25) is 9.59 Å². The summed E-state index contributed by atoms with van der Waals surface area (Å²) in [5, 5.41) is 3.32. The molecule has 10 heteroatoms. The predicted molar refractivity (Wildman–Crippen MR) is 159 cm³/mol. The number of thiazole rings is 1. The monoisotopic (exact) mass is 589 g/mol. The predicted octanol–water partition coefficient (Wildman–Crippen LogP) is 5.86. The molecule has 0 radical (unpaired) electrons. The molecule has 40 heavy (non-hydrogen) atoms. The molecular weight excluding hydrogens is 546 g/mol. The Kier molecular flexibility index (Phi) is 9.24. The van der Waals surface area contributed by atoms with Crippen molar-refractivity contribution in [3.05, 3.63) is 34.5 Å². The fourth-order valence-electron chi connectivity index (χ4n) is 5.38. The zero-order valence-electron chi connectivity index (χ0n) is 24.6. The number of benzene rings is 1. The Bertz CT molecular complexity index is 1340. The maximum atomic E-state index is 13.8. The van der Waals surface area contributed by atoms with Gasteiger partial charge in [0, 0.05) is 30.7 Å². The van der Waals surface area contributed by atoms with Crippen LogP contribution in [0.5, 0.6) is 0 Å². The Morgan fingerprint density at radius 2 is 1.62 bits per heavy atom. The molecule has 2 heterocycles. The molecule has 0 spiro atoms. The number of nitrogens with one attached hydrogen (secondary N) is 2. The quantitative estimate of drug-likeness (QED) is 0.391. The third-order valence-corrected chi connectivity index (χ3v) is 10.3. The Hall–Kier alpha value is -2.14. The average molecular weight is 590 g/mol. The minimum Gasteiger partial charge on any atom is -0.381 e. The van der Waals surface area contributed by atoms with E-state index in [2.05, 4.69) is 15.0 Å². The van der Waals surface area contributed by atoms with Crippen molar-refractivity contribution in [3.63, 3.8) is 0 Å². The summed E-state index contributed by atoms with van der Waals surface area (Å²) in [6.45, 7) is 12.5. The lowest BCUT2D eigenvalue weighted by molar-refractivity contribution is 0.0696. The number of nitrogens with zero attached hydrogens (tertiary/aromatic N) is 1. The van der Waals surface area contributed by atoms with Crippen molar-refractivity contribution in [2.45, 2.75) is 108 Å². The van der Waals surface area contributed by atoms with Gasteiger partial charge in [-0.1, -0.05) is 46.1 Å². The number of rotatable bonds is 7. The summed E-state index contributed by atoms with van der Waals surface area (Å²) in [6.07, 6.45) is 6.27. The molecule has 2 aliphatic rings. The largest absolute Gasteiger partial charge is 0.381 e. The van der Waals surface area contributed by atoms with Gasteiger partial charge in [0.2, 0.25) is 10.0 Å². The zero-order chi connectivity index (χ0) is 29.3. The van der Waals surface area contributed by atoms with Gasteiger partial charge >= 0.3 is 0 Å². The maximum absolute atomic E-state index is 13.8. The Balaban J connectivity index is 1.79. The topological polar surface area (TPSA) is 114 Å². The minimum atomic E-state index is -3.80. The van der Waals surface area contributed by atoms with Crippen LogP contribution < -0.4 is 10.0 Å². The van der Waals surface area contributed by atoms with Crippen LogP contribution in [-0.2, 0) is 20.2 Å². The third kappa shape index (κ3) is 7.38. The maximum Gasteiger partial charge on any atom is 0.280 e. The van der Waals surface area contributed by atoms with Crippen LogP contribution in [0.2, 0.25) is 0 Å². The number of hydrogen-bond donors (Lipinski definition) is 2. The highest BCUT2D eigenvalue weighted by Crippen LogP contribution is 2.39. The van der Waals surface area contributed by atoms with Gasteiger partial charge in [0.05, 0.1) is 9.77 Å². The fourth-order valence-corrected chi connectivity index (χ4v) is 8.16. The van der Waals surface area contributed by atoms with Crippen LogP contribution in [0, 0.1) is 5.92 Å². The number of Topliss-reactive ketones (excluding diaryl/α,β-unsaturated/α-hetero) is 1. The summed E-state index contributed by atoms with van der Waals surface area (Å²) in [5.74, 6) is -0.427. The van der Waals surface area contributed by atoms with Gasteiger partial charge in [0.25, 0.3) is 5.91 Å². The molecular formula is C30H43N3O5S2. The van der Waals surface area contributed by atoms with Crippen molar-refractivity contribution in [2.24, 2.45) is 5.92 Å². The Labute approximate surface area is 242 Å². The lowest BCUT2D eigenvalue weighted by Crippen LogP contribution is -2.41. The van der Waals surface area contributed by atoms with Gasteiger partial charge in [0.1, 0.15) is 5.69 Å². The van der Waals surface area contributed by atoms with Crippen molar-refractivity contribution < 1.29 is 22.7 Å². The molecule has 1 aliphatic heterocycles. The first-order valence-corrected chi connectivity index (χ1v) is 16.6. The number of aromatic nitrogens is 1. The average Bonchev–Trinajstić information content (AvgIpc) is 3.33. The third-order valence-electron chi connectivity index (χ3n) is 7.37. The second-order valence-electron chi connectivity index (χ2n) is 13.1. The standard InChI is InChI=1S/C30H43N3O5S2/c1-29(2,3)22-18-20(12-13-23(22)40(36,37)33-30(4,5)6)26-24(25(34)19-10-8-7-9-11-19)32-28(39-26)27(35)31-21-14-16-38-17-15-21/h12-13,18-19,21,33H,7-11,14-17H2,1-6H3,(H,31,35). The first kappa shape index (κ1) is 30.8. The summed E-state index contributed by atoms with van der Waals surface area (Å²) in [7, 11) is -3.80. The van der Waals surface area contributed by atoms with Gasteiger partial charge in [-0.15, -0.1) is 11.3 Å². The minimum absolute atomic E-state index is 0.0124. The molecule has 2 aromatic rings. The normalized spacial score (nSPS) is 18.1. The van der Waals surface area contributed by atoms with E-state index >= 15 is 0 Å². The summed E-state index contributed by atoms with van der Waals surface area (Å²) < 4.78 is 35.0. The van der Waals surface area contributed by atoms with Gasteiger partial charge in [-0.25, -0.2) is 18.1 Å². The molecule has 220 valence electrons. The van der Waals surface area contributed by atoms with Crippen LogP contribution in [0.15, 0.2) is 23.1 Å². The van der Waals surface area contributed by atoms with E-state index in [1.54, 1.807) is 12.1 Å². The zero-order valence-corrected chi connectivity index (χ0v) is 26.2. The summed E-state index contributed by atoms with van der Waals surface area (Å²) in [5.41, 5.74) is 0.508. The Morgan fingerprint density at radius 1 is 0.975 bits per heavy atom. The lowest BCUT2D eigenvalue weighted by atomic mass is 9.84. The van der Waals surface area contributed by atoms with E-state index in [1.807, 2.05) is 47.6 Å². The molecule has 1 aliphatic carbocycles. The second kappa shape index (κ2) is 12.0. The number of sulfonamides is 1. The van der Waals surface area contributed by atoms with Crippen LogP contribution in [0.1, 0.15) is 112 Å². The first-order chi connectivity index (χ1) is 18.7. The molecule has 0 unspecified atom stereocenters. The van der Waals surface area contributed by atoms with Gasteiger partial charge < -0.3 is 10.1 Å². The van der Waals surface area contributed by atoms with Crippen molar-refractivity contribution in [2.75, 3.05) is 13.2 Å². The summed E-state index contributed by atoms with van der Waals surface area (Å²) >= 11 is 1.20. The molecule has 0 bridgehead atoms. The lowest BCUT2D eigenvalue weighted by Gasteiger charge is -2.27. The Morgan fingerprint density at radius 3 is 2.23 bits per heavy atom. The molecule has 0 atom stereocenters. The van der Waals surface area contributed by atoms with Gasteiger partial charge in [0.15, 0.2) is 10.8 Å². The molecule has 1 saturated carbocycles. The number of ether oxygens (including phenoxy) is 1. The number of carbonyl (C=O) groups excluding carboxylic acids is 2. The van der Waals surface area contributed by atoms with Crippen LogP contribution in [0.3, 0.4) is 0 Å². The van der Waals surface area contributed by atoms with E-state index in [1.165, 1.54) is 11.3 Å². The number of ketones is 1. The number of carbonyl (C=O) groups is 2. The molecule has 1 saturated heterocycles. The molecule has 4 rings (SSSR count). The van der Waals surface area contributed by atoms with Crippen LogP contribution in [0.4, 0.5) is 0 Å². The van der Waals surface area contributed by atoms with Crippen LogP contribution in [0.25, 0.3) is 10.4 Å². The van der Waals surface area contributed by atoms with Crippen LogP contribution in [-0.4, -0.2) is 49.9 Å². The number of hydrogen-bond acceptors (Lipinski definition) is 7. The van der Waals surface area contributed by atoms with Gasteiger partial charge in [-0.05, 0) is 75.1 Å². The van der Waals surface area contributed by atoms with E-state index in [0.717, 1.165) is 44.9 Å². The van der Waals surface area contributed by atoms with Crippen LogP contribution >= 0.6 is 11.3 Å². The van der Waals surface area contributed by atoms with Crippen molar-refractivity contribution in [1.29, 1.82) is 0 Å². The summed E-state index contributed by atoms with van der Waals surface area (Å²) in [6, 6.07) is 5.21. The highest BCUT2D eigenvalue weighted by Gasteiger charge is 2.33. The molecule has 2 fully saturated rings. The van der Waals surface area contributed by atoms with Crippen molar-refractivity contribution >= 4 is 33.1 Å². The second-order valence-corrected chi connectivity index (χ2v) is 15.7. The van der Waals surface area contributed by atoms with E-state index in [-0.39, 0.29) is 33.6 Å². The molecule has 8 nitrogen and oxygen atoms in total. The number of amides is 1. The molecule has 1 aromatic heterocycles. The molecule has 2 N–H and O–H groups in total. The smallest absolute Gasteiger partial charge is 0.280 e. The summed E-state index contributed by atoms with van der Waals surface area (Å²) in [4.78, 5) is 32.5. The van der Waals surface area contributed by atoms with Crippen molar-refractivity contribution in [3.8, 4) is 10.4 Å². The highest BCUT2D eigenvalue weighted by atomic mass is 32.2. The van der Waals surface area contributed by atoms with E-state index in [0.29, 0.717) is 34.9 Å². The van der Waals surface area contributed by atoms with Gasteiger partial charge in [-0.2, -0.15) is 0 Å². The van der Waals surface area contributed by atoms with E-state index in [9.17, 15) is 18.0 Å². The molecule has 1 amide bonds. The van der Waals surface area contributed by atoms with E-state index < -0.39 is 21.0 Å². The highest BCUT2D eigenvalue weighted by molar-refractivity contribution is 7.89. The first-order valence-electron chi connectivity index (χ1n) is 14.3. The SMILES string of the molecule is CC(C)(C)NS(=O)(=O)c1ccc(-c2sc(C(=O)NC3CCOCC3)nc2C(=O)C2CCCCC2)cc1C(C)(C)C. The fraction of sp³-hybridized carbons (Fsp3) is 0.633. The molecule has 1 aromatic carbocycles.